The van der Waals surface area contributed by atoms with Gasteiger partial charge in [0, 0.05) is 36.0 Å². The molecule has 2 nitrogen and oxygen atoms in total. The smallest absolute Gasteiger partial charge is 0.324 e. The van der Waals surface area contributed by atoms with Crippen LogP contribution in [-0.4, -0.2) is 12.1 Å². The Balaban J connectivity index is 1.39. The van der Waals surface area contributed by atoms with E-state index in [-0.39, 0.29) is 11.3 Å². The van der Waals surface area contributed by atoms with E-state index in [4.69, 9.17) is 5.73 Å². The molecule has 2 aromatic carbocycles. The summed E-state index contributed by atoms with van der Waals surface area (Å²) in [5, 5.41) is 3.23. The van der Waals surface area contributed by atoms with Crippen LogP contribution in [0.1, 0.15) is 41.9 Å². The Bertz CT molecular complexity index is 870. The summed E-state index contributed by atoms with van der Waals surface area (Å²) >= 11 is 0. The molecular weight excluding hydrogens is 375 g/mol. The summed E-state index contributed by atoms with van der Waals surface area (Å²) in [5.74, 6) is -1.33. The number of nitrogens with one attached hydrogen (secondary N) is 1. The highest BCUT2D eigenvalue weighted by Gasteiger charge is 2.69. The van der Waals surface area contributed by atoms with Crippen molar-refractivity contribution in [3.63, 3.8) is 0 Å². The van der Waals surface area contributed by atoms with E-state index in [0.717, 1.165) is 31.0 Å². The Morgan fingerprint density at radius 3 is 2.32 bits per heavy atom. The molecule has 150 valence electrons. The van der Waals surface area contributed by atoms with Gasteiger partial charge >= 0.3 is 6.18 Å². The Morgan fingerprint density at radius 2 is 1.71 bits per heavy atom. The summed E-state index contributed by atoms with van der Waals surface area (Å²) in [6.45, 7) is 0.870. The topological polar surface area (TPSA) is 38.0 Å². The van der Waals surface area contributed by atoms with Crippen LogP contribution in [0.3, 0.4) is 0 Å². The molecule has 1 unspecified atom stereocenters. The number of alkyl halides is 3. The average Bonchev–Trinajstić information content (AvgIpc) is 3.51. The van der Waals surface area contributed by atoms with Crippen LogP contribution in [0.15, 0.2) is 42.5 Å². The molecule has 0 saturated heterocycles. The zero-order valence-electron chi connectivity index (χ0n) is 15.1. The van der Waals surface area contributed by atoms with Crippen LogP contribution in [0.2, 0.25) is 0 Å². The van der Waals surface area contributed by atoms with Crippen LogP contribution >= 0.6 is 0 Å². The Hall–Kier alpha value is -1.99. The van der Waals surface area contributed by atoms with Crippen LogP contribution in [-0.2, 0) is 12.7 Å². The van der Waals surface area contributed by atoms with Crippen molar-refractivity contribution in [1.29, 1.82) is 0 Å². The van der Waals surface area contributed by atoms with Crippen molar-refractivity contribution in [2.75, 3.05) is 6.54 Å². The fourth-order valence-electron chi connectivity index (χ4n) is 4.32. The predicted octanol–water partition coefficient (Wildman–Crippen LogP) is 4.74. The zero-order chi connectivity index (χ0) is 20.2. The second-order valence-electron chi connectivity index (χ2n) is 8.08. The molecular formula is C21H21F5N2. The van der Waals surface area contributed by atoms with Crippen molar-refractivity contribution in [3.8, 4) is 0 Å². The normalized spacial score (nSPS) is 25.6. The van der Waals surface area contributed by atoms with E-state index in [0.29, 0.717) is 30.6 Å². The fourth-order valence-corrected chi connectivity index (χ4v) is 4.32. The maximum absolute atomic E-state index is 13.5. The lowest BCUT2D eigenvalue weighted by Gasteiger charge is -2.25. The summed E-state index contributed by atoms with van der Waals surface area (Å²) in [6.07, 6.45) is -1.92. The maximum atomic E-state index is 13.5. The van der Waals surface area contributed by atoms with Gasteiger partial charge in [-0.3, -0.25) is 0 Å². The molecule has 2 fully saturated rings. The van der Waals surface area contributed by atoms with E-state index in [2.05, 4.69) is 5.32 Å². The van der Waals surface area contributed by atoms with Crippen molar-refractivity contribution in [1.82, 2.24) is 5.32 Å². The molecule has 2 aliphatic carbocycles. The Morgan fingerprint density at radius 1 is 1.04 bits per heavy atom. The van der Waals surface area contributed by atoms with Gasteiger partial charge in [-0.2, -0.15) is 13.2 Å². The molecule has 2 saturated carbocycles. The predicted molar refractivity (Wildman–Crippen MR) is 95.5 cm³/mol. The van der Waals surface area contributed by atoms with Gasteiger partial charge < -0.3 is 11.1 Å². The lowest BCUT2D eigenvalue weighted by atomic mass is 9.90. The van der Waals surface area contributed by atoms with Gasteiger partial charge in [-0.1, -0.05) is 18.2 Å². The minimum absolute atomic E-state index is 0.101. The van der Waals surface area contributed by atoms with Crippen molar-refractivity contribution in [3.05, 3.63) is 70.8 Å². The van der Waals surface area contributed by atoms with Crippen LogP contribution in [0.5, 0.6) is 0 Å². The van der Waals surface area contributed by atoms with E-state index >= 15 is 0 Å². The second-order valence-corrected chi connectivity index (χ2v) is 8.08. The lowest BCUT2D eigenvalue weighted by Crippen LogP contribution is -2.42. The minimum Gasteiger partial charge on any atom is -0.324 e. The SMILES string of the molecule is NC1(C2(CNCc3cccc(C(F)(F)F)c3)CC2)C[C@H]1c1cc(F)cc(F)c1. The van der Waals surface area contributed by atoms with Gasteiger partial charge in [0.25, 0.3) is 0 Å². The molecule has 3 N–H and O–H groups in total. The number of hydrogen-bond donors (Lipinski definition) is 2. The van der Waals surface area contributed by atoms with Gasteiger partial charge in [-0.25, -0.2) is 8.78 Å². The van der Waals surface area contributed by atoms with Crippen molar-refractivity contribution < 1.29 is 22.0 Å². The van der Waals surface area contributed by atoms with Gasteiger partial charge in [0.2, 0.25) is 0 Å². The molecule has 4 rings (SSSR count). The average molecular weight is 396 g/mol. The van der Waals surface area contributed by atoms with E-state index in [1.165, 1.54) is 18.2 Å². The summed E-state index contributed by atoms with van der Waals surface area (Å²) in [7, 11) is 0. The Kier molecular flexibility index (Phi) is 4.50. The molecule has 7 heteroatoms. The van der Waals surface area contributed by atoms with E-state index in [9.17, 15) is 22.0 Å². The molecule has 0 bridgehead atoms. The molecule has 0 aromatic heterocycles. The number of halogens is 5. The monoisotopic (exact) mass is 396 g/mol. The number of hydrogen-bond acceptors (Lipinski definition) is 2. The molecule has 0 aliphatic heterocycles. The van der Waals surface area contributed by atoms with Crippen LogP contribution < -0.4 is 11.1 Å². The third-order valence-electron chi connectivity index (χ3n) is 6.18. The van der Waals surface area contributed by atoms with Gasteiger partial charge in [-0.05, 0) is 48.6 Å². The first-order valence-corrected chi connectivity index (χ1v) is 9.25. The standard InChI is InChI=1S/C21H21F5N2/c22-16-7-14(8-17(23)9-16)18-10-20(18,27)19(4-5-19)12-28-11-13-2-1-3-15(6-13)21(24,25)26/h1-3,6-9,18,28H,4-5,10-12,27H2/t18-,20?/m0/s1. The van der Waals surface area contributed by atoms with Crippen molar-refractivity contribution in [2.24, 2.45) is 11.1 Å². The highest BCUT2D eigenvalue weighted by molar-refractivity contribution is 5.39. The molecule has 2 aliphatic rings. The van der Waals surface area contributed by atoms with Gasteiger partial charge in [0.1, 0.15) is 11.6 Å². The van der Waals surface area contributed by atoms with Gasteiger partial charge in [0.05, 0.1) is 5.56 Å². The summed E-state index contributed by atoms with van der Waals surface area (Å²) in [6, 6.07) is 8.73. The largest absolute Gasteiger partial charge is 0.416 e. The van der Waals surface area contributed by atoms with Crippen molar-refractivity contribution in [2.45, 2.75) is 43.4 Å². The maximum Gasteiger partial charge on any atom is 0.416 e. The highest BCUT2D eigenvalue weighted by atomic mass is 19.4. The summed E-state index contributed by atoms with van der Waals surface area (Å²) in [5.41, 5.74) is 6.34. The lowest BCUT2D eigenvalue weighted by molar-refractivity contribution is -0.137. The zero-order valence-corrected chi connectivity index (χ0v) is 15.1. The van der Waals surface area contributed by atoms with Gasteiger partial charge in [-0.15, -0.1) is 0 Å². The van der Waals surface area contributed by atoms with Gasteiger partial charge in [0.15, 0.2) is 0 Å². The number of rotatable bonds is 6. The van der Waals surface area contributed by atoms with Crippen LogP contribution in [0.25, 0.3) is 0 Å². The van der Waals surface area contributed by atoms with E-state index in [1.807, 2.05) is 0 Å². The Labute approximate surface area is 159 Å². The van der Waals surface area contributed by atoms with Crippen molar-refractivity contribution >= 4 is 0 Å². The quantitative estimate of drug-likeness (QED) is 0.693. The molecule has 28 heavy (non-hydrogen) atoms. The number of nitrogens with two attached hydrogens (primary N) is 1. The van der Waals surface area contributed by atoms with E-state index < -0.39 is 28.9 Å². The highest BCUT2D eigenvalue weighted by Crippen LogP contribution is 2.68. The summed E-state index contributed by atoms with van der Waals surface area (Å²) < 4.78 is 65.5. The minimum atomic E-state index is -4.36. The number of benzene rings is 2. The molecule has 0 radical (unpaired) electrons. The molecule has 0 amide bonds. The third kappa shape index (κ3) is 3.53. The fraction of sp³-hybridized carbons (Fsp3) is 0.429. The first kappa shape index (κ1) is 19.3. The van der Waals surface area contributed by atoms with E-state index in [1.54, 1.807) is 6.07 Å². The molecule has 2 atom stereocenters. The van der Waals surface area contributed by atoms with Crippen LogP contribution in [0.4, 0.5) is 22.0 Å². The first-order chi connectivity index (χ1) is 13.1. The first-order valence-electron chi connectivity index (χ1n) is 9.25. The molecule has 2 aromatic rings. The molecule has 0 heterocycles. The third-order valence-corrected chi connectivity index (χ3v) is 6.18. The van der Waals surface area contributed by atoms with Crippen LogP contribution in [0, 0.1) is 17.0 Å². The second kappa shape index (κ2) is 6.52. The molecule has 0 spiro atoms. The summed E-state index contributed by atoms with van der Waals surface area (Å²) in [4.78, 5) is 0.